The van der Waals surface area contributed by atoms with Gasteiger partial charge in [0.25, 0.3) is 0 Å². The van der Waals surface area contributed by atoms with Crippen LogP contribution < -0.4 is 5.73 Å². The van der Waals surface area contributed by atoms with E-state index in [1.54, 1.807) is 0 Å². The predicted molar refractivity (Wildman–Crippen MR) is 66.2 cm³/mol. The molecule has 0 aliphatic heterocycles. The van der Waals surface area contributed by atoms with Gasteiger partial charge in [0.2, 0.25) is 0 Å². The van der Waals surface area contributed by atoms with Crippen molar-refractivity contribution in [3.63, 3.8) is 0 Å². The highest BCUT2D eigenvalue weighted by molar-refractivity contribution is 5.75. The Balaban J connectivity index is 0.000000531. The lowest BCUT2D eigenvalue weighted by atomic mass is 10.0. The van der Waals surface area contributed by atoms with Gasteiger partial charge in [-0.3, -0.25) is 0 Å². The number of hydrogen-bond donors (Lipinski definition) is 1. The molecule has 0 atom stereocenters. The van der Waals surface area contributed by atoms with Gasteiger partial charge in [0.1, 0.15) is 0 Å². The van der Waals surface area contributed by atoms with Crippen molar-refractivity contribution >= 4 is 5.69 Å². The molecule has 0 bridgehead atoms. The highest BCUT2D eigenvalue weighted by atomic mass is 14.6. The van der Waals surface area contributed by atoms with E-state index in [0.29, 0.717) is 0 Å². The lowest BCUT2D eigenvalue weighted by Crippen LogP contribution is -1.88. The molecule has 74 valence electrons. The van der Waals surface area contributed by atoms with E-state index in [9.17, 15) is 0 Å². The first-order chi connectivity index (χ1) is 7.38. The van der Waals surface area contributed by atoms with Crippen LogP contribution in [0.4, 0.5) is 5.69 Å². The van der Waals surface area contributed by atoms with E-state index in [1.165, 1.54) is 5.56 Å². The van der Waals surface area contributed by atoms with Crippen LogP contribution in [0.15, 0.2) is 54.6 Å². The van der Waals surface area contributed by atoms with Gasteiger partial charge in [-0.15, -0.1) is 12.8 Å². The lowest BCUT2D eigenvalue weighted by molar-refractivity contribution is 1.61. The molecule has 0 aromatic heterocycles. The van der Waals surface area contributed by atoms with Crippen molar-refractivity contribution in [1.82, 2.24) is 0 Å². The maximum absolute atomic E-state index is 5.85. The maximum atomic E-state index is 5.85. The van der Waals surface area contributed by atoms with Gasteiger partial charge in [-0.05, 0) is 11.6 Å². The second-order valence-corrected chi connectivity index (χ2v) is 2.95. The molecule has 0 amide bonds. The van der Waals surface area contributed by atoms with Crippen LogP contribution in [0.25, 0.3) is 11.1 Å². The molecule has 0 saturated heterocycles. The molecule has 0 fully saturated rings. The summed E-state index contributed by atoms with van der Waals surface area (Å²) in [4.78, 5) is 0. The van der Waals surface area contributed by atoms with Gasteiger partial charge in [0.15, 0.2) is 0 Å². The molecular weight excluding hydrogens is 182 g/mol. The number of anilines is 1. The number of hydrogen-bond acceptors (Lipinski definition) is 1. The highest BCUT2D eigenvalue weighted by Crippen LogP contribution is 2.24. The van der Waals surface area contributed by atoms with Gasteiger partial charge in [-0.1, -0.05) is 48.5 Å². The predicted octanol–water partition coefficient (Wildman–Crippen LogP) is 3.19. The van der Waals surface area contributed by atoms with Crippen LogP contribution >= 0.6 is 0 Å². The van der Waals surface area contributed by atoms with Gasteiger partial charge in [0.05, 0.1) is 0 Å². The molecule has 2 rings (SSSR count). The number of terminal acetylenes is 1. The smallest absolute Gasteiger partial charge is 0.0393 e. The van der Waals surface area contributed by atoms with E-state index in [4.69, 9.17) is 5.73 Å². The van der Waals surface area contributed by atoms with Gasteiger partial charge in [-0.2, -0.15) is 0 Å². The van der Waals surface area contributed by atoms with Crippen molar-refractivity contribution in [2.75, 3.05) is 5.73 Å². The molecule has 2 aromatic carbocycles. The Kier molecular flexibility index (Phi) is 4.00. The third-order valence-corrected chi connectivity index (χ3v) is 2.05. The summed E-state index contributed by atoms with van der Waals surface area (Å²) in [5, 5.41) is 0. The van der Waals surface area contributed by atoms with Crippen LogP contribution in [0.1, 0.15) is 0 Å². The third kappa shape index (κ3) is 2.62. The molecule has 15 heavy (non-hydrogen) atoms. The van der Waals surface area contributed by atoms with Crippen LogP contribution in [0.5, 0.6) is 0 Å². The molecule has 0 saturated carbocycles. The van der Waals surface area contributed by atoms with Gasteiger partial charge in [-0.25, -0.2) is 0 Å². The van der Waals surface area contributed by atoms with Crippen LogP contribution in [0.2, 0.25) is 0 Å². The van der Waals surface area contributed by atoms with E-state index in [-0.39, 0.29) is 0 Å². The molecular formula is C14H13N. The standard InChI is InChI=1S/C12H11N.C2H2/c13-12-9-5-4-8-11(12)10-6-2-1-3-7-10;1-2/h1-9H,13H2;1-2H. The first-order valence-electron chi connectivity index (χ1n) is 4.61. The summed E-state index contributed by atoms with van der Waals surface area (Å²) in [5.41, 5.74) is 8.95. The van der Waals surface area contributed by atoms with E-state index in [0.717, 1.165) is 11.3 Å². The van der Waals surface area contributed by atoms with Crippen molar-refractivity contribution in [2.24, 2.45) is 0 Å². The maximum Gasteiger partial charge on any atom is 0.0393 e. The zero-order valence-corrected chi connectivity index (χ0v) is 8.43. The van der Waals surface area contributed by atoms with Crippen molar-refractivity contribution in [1.29, 1.82) is 0 Å². The molecule has 0 aliphatic carbocycles. The number of nitrogens with two attached hydrogens (primary N) is 1. The van der Waals surface area contributed by atoms with E-state index in [1.807, 2.05) is 42.5 Å². The van der Waals surface area contributed by atoms with Crippen LogP contribution in [0, 0.1) is 12.8 Å². The van der Waals surface area contributed by atoms with Crippen molar-refractivity contribution in [3.05, 3.63) is 54.6 Å². The average Bonchev–Trinajstić information content (AvgIpc) is 2.33. The Hall–Kier alpha value is -2.20. The normalized spacial score (nSPS) is 8.67. The first kappa shape index (κ1) is 10.9. The number of benzene rings is 2. The Morgan fingerprint density at radius 1 is 0.733 bits per heavy atom. The molecule has 0 heterocycles. The Bertz CT molecular complexity index is 429. The molecule has 1 nitrogen and oxygen atoms in total. The minimum absolute atomic E-state index is 0.828. The van der Waals surface area contributed by atoms with Gasteiger partial charge < -0.3 is 5.73 Å². The summed E-state index contributed by atoms with van der Waals surface area (Å²) >= 11 is 0. The molecule has 0 spiro atoms. The molecule has 2 N–H and O–H groups in total. The largest absolute Gasteiger partial charge is 0.398 e. The summed E-state index contributed by atoms with van der Waals surface area (Å²) in [7, 11) is 0. The zero-order valence-electron chi connectivity index (χ0n) is 8.43. The Morgan fingerprint density at radius 3 is 1.87 bits per heavy atom. The van der Waals surface area contributed by atoms with Crippen LogP contribution in [-0.4, -0.2) is 0 Å². The fourth-order valence-electron chi connectivity index (χ4n) is 1.38. The van der Waals surface area contributed by atoms with Crippen molar-refractivity contribution in [3.8, 4) is 24.0 Å². The molecule has 0 radical (unpaired) electrons. The first-order valence-corrected chi connectivity index (χ1v) is 4.61. The van der Waals surface area contributed by atoms with Crippen LogP contribution in [0.3, 0.4) is 0 Å². The SMILES string of the molecule is C#C.Nc1ccccc1-c1ccccc1. The minimum Gasteiger partial charge on any atom is -0.398 e. The Morgan fingerprint density at radius 2 is 1.27 bits per heavy atom. The topological polar surface area (TPSA) is 26.0 Å². The second-order valence-electron chi connectivity index (χ2n) is 2.95. The number of para-hydroxylation sites is 1. The number of rotatable bonds is 1. The fourth-order valence-corrected chi connectivity index (χ4v) is 1.38. The Labute approximate surface area is 90.6 Å². The molecule has 1 heteroatoms. The summed E-state index contributed by atoms with van der Waals surface area (Å²) in [6, 6.07) is 18.1. The summed E-state index contributed by atoms with van der Waals surface area (Å²) in [6.07, 6.45) is 8.00. The highest BCUT2D eigenvalue weighted by Gasteiger charge is 1.98. The van der Waals surface area contributed by atoms with Crippen LogP contribution in [-0.2, 0) is 0 Å². The number of nitrogen functional groups attached to an aromatic ring is 1. The summed E-state index contributed by atoms with van der Waals surface area (Å²) < 4.78 is 0. The second kappa shape index (κ2) is 5.51. The summed E-state index contributed by atoms with van der Waals surface area (Å²) in [6.45, 7) is 0. The van der Waals surface area contributed by atoms with Crippen molar-refractivity contribution in [2.45, 2.75) is 0 Å². The van der Waals surface area contributed by atoms with Crippen molar-refractivity contribution < 1.29 is 0 Å². The lowest BCUT2D eigenvalue weighted by Gasteiger charge is -2.03. The molecule has 0 aliphatic rings. The monoisotopic (exact) mass is 195 g/mol. The average molecular weight is 195 g/mol. The fraction of sp³-hybridized carbons (Fsp3) is 0. The van der Waals surface area contributed by atoms with E-state index >= 15 is 0 Å². The van der Waals surface area contributed by atoms with E-state index in [2.05, 4.69) is 25.0 Å². The van der Waals surface area contributed by atoms with Gasteiger partial charge >= 0.3 is 0 Å². The zero-order chi connectivity index (χ0) is 11.1. The summed E-state index contributed by atoms with van der Waals surface area (Å²) in [5.74, 6) is 0. The molecule has 0 unspecified atom stereocenters. The van der Waals surface area contributed by atoms with Gasteiger partial charge in [0, 0.05) is 11.3 Å². The van der Waals surface area contributed by atoms with E-state index < -0.39 is 0 Å². The third-order valence-electron chi connectivity index (χ3n) is 2.05. The quantitative estimate of drug-likeness (QED) is 0.549. The molecule has 2 aromatic rings. The minimum atomic E-state index is 0.828.